The Morgan fingerprint density at radius 3 is 2.86 bits per heavy atom. The van der Waals surface area contributed by atoms with Crippen molar-refractivity contribution >= 4 is 33.6 Å². The van der Waals surface area contributed by atoms with Crippen LogP contribution >= 0.6 is 27.7 Å². The summed E-state index contributed by atoms with van der Waals surface area (Å²) in [6.45, 7) is 0.779. The fraction of sp³-hybridized carbons (Fsp3) is 0.562. The highest BCUT2D eigenvalue weighted by Gasteiger charge is 2.27. The van der Waals surface area contributed by atoms with E-state index in [9.17, 15) is 4.79 Å². The Morgan fingerprint density at radius 2 is 2.14 bits per heavy atom. The molecule has 0 saturated heterocycles. The molecule has 1 fully saturated rings. The van der Waals surface area contributed by atoms with E-state index in [0.29, 0.717) is 0 Å². The van der Waals surface area contributed by atoms with Crippen LogP contribution in [0.2, 0.25) is 0 Å². The van der Waals surface area contributed by atoms with Crippen LogP contribution in [0.25, 0.3) is 0 Å². The van der Waals surface area contributed by atoms with Crippen LogP contribution in [0.4, 0.5) is 0 Å². The van der Waals surface area contributed by atoms with E-state index >= 15 is 0 Å². The summed E-state index contributed by atoms with van der Waals surface area (Å²) in [5, 5.41) is 3.04. The number of nitrogens with two attached hydrogens (primary N) is 1. The molecule has 0 heterocycles. The molecular weight excluding hydrogens is 348 g/mol. The number of halogens is 1. The Labute approximate surface area is 139 Å². The van der Waals surface area contributed by atoms with Gasteiger partial charge < -0.3 is 11.1 Å². The predicted octanol–water partition coefficient (Wildman–Crippen LogP) is 3.57. The summed E-state index contributed by atoms with van der Waals surface area (Å²) < 4.78 is 1.15. The molecule has 1 saturated carbocycles. The SMILES string of the molecule is NC1CCC(C(=O)NCCCCSc2ccccc2Br)C1. The number of rotatable bonds is 7. The quantitative estimate of drug-likeness (QED) is 0.569. The van der Waals surface area contributed by atoms with E-state index in [4.69, 9.17) is 5.73 Å². The lowest BCUT2D eigenvalue weighted by molar-refractivity contribution is -0.124. The van der Waals surface area contributed by atoms with Gasteiger partial charge in [0.25, 0.3) is 0 Å². The number of nitrogens with one attached hydrogen (secondary N) is 1. The van der Waals surface area contributed by atoms with Crippen LogP contribution in [-0.2, 0) is 4.79 Å². The minimum atomic E-state index is 0.148. The average molecular weight is 371 g/mol. The largest absolute Gasteiger partial charge is 0.356 e. The molecule has 116 valence electrons. The number of hydrogen-bond acceptors (Lipinski definition) is 3. The first-order valence-corrected chi connectivity index (χ1v) is 9.35. The second-order valence-corrected chi connectivity index (χ2v) is 7.54. The number of hydrogen-bond donors (Lipinski definition) is 2. The normalized spacial score (nSPS) is 21.4. The molecule has 0 radical (unpaired) electrons. The summed E-state index contributed by atoms with van der Waals surface area (Å²) in [5.41, 5.74) is 5.84. The van der Waals surface area contributed by atoms with E-state index in [1.54, 1.807) is 0 Å². The Bertz CT molecular complexity index is 469. The van der Waals surface area contributed by atoms with Crippen LogP contribution in [0.5, 0.6) is 0 Å². The van der Waals surface area contributed by atoms with E-state index in [2.05, 4.69) is 39.4 Å². The molecule has 5 heteroatoms. The van der Waals surface area contributed by atoms with Gasteiger partial charge in [0.2, 0.25) is 5.91 Å². The number of amides is 1. The molecule has 1 aliphatic carbocycles. The first-order chi connectivity index (χ1) is 10.2. The van der Waals surface area contributed by atoms with Gasteiger partial charge in [-0.3, -0.25) is 4.79 Å². The van der Waals surface area contributed by atoms with Crippen molar-refractivity contribution in [2.24, 2.45) is 11.7 Å². The smallest absolute Gasteiger partial charge is 0.223 e. The summed E-state index contributed by atoms with van der Waals surface area (Å²) in [5.74, 6) is 1.42. The van der Waals surface area contributed by atoms with E-state index in [-0.39, 0.29) is 17.9 Å². The summed E-state index contributed by atoms with van der Waals surface area (Å²) in [7, 11) is 0. The van der Waals surface area contributed by atoms with Crippen molar-refractivity contribution in [2.75, 3.05) is 12.3 Å². The number of unbranched alkanes of at least 4 members (excludes halogenated alkanes) is 1. The Kier molecular flexibility index (Phi) is 7.07. The van der Waals surface area contributed by atoms with Crippen molar-refractivity contribution in [3.05, 3.63) is 28.7 Å². The van der Waals surface area contributed by atoms with Crippen molar-refractivity contribution in [3.8, 4) is 0 Å². The minimum Gasteiger partial charge on any atom is -0.356 e. The van der Waals surface area contributed by atoms with Crippen molar-refractivity contribution in [1.29, 1.82) is 0 Å². The third kappa shape index (κ3) is 5.64. The van der Waals surface area contributed by atoms with Crippen LogP contribution in [0, 0.1) is 5.92 Å². The molecule has 0 aliphatic heterocycles. The second-order valence-electron chi connectivity index (χ2n) is 5.55. The molecule has 0 aromatic heterocycles. The van der Waals surface area contributed by atoms with Gasteiger partial charge in [0.1, 0.15) is 0 Å². The van der Waals surface area contributed by atoms with Crippen molar-refractivity contribution in [3.63, 3.8) is 0 Å². The molecule has 1 aromatic rings. The first-order valence-electron chi connectivity index (χ1n) is 7.57. The van der Waals surface area contributed by atoms with Gasteiger partial charge in [0.05, 0.1) is 0 Å². The van der Waals surface area contributed by atoms with Crippen molar-refractivity contribution in [1.82, 2.24) is 5.32 Å². The Balaban J connectivity index is 1.54. The van der Waals surface area contributed by atoms with E-state index in [1.807, 2.05) is 17.8 Å². The lowest BCUT2D eigenvalue weighted by Crippen LogP contribution is -2.31. The van der Waals surface area contributed by atoms with Gasteiger partial charge in [-0.25, -0.2) is 0 Å². The maximum Gasteiger partial charge on any atom is 0.223 e. The number of carbonyl (C=O) groups is 1. The molecule has 3 N–H and O–H groups in total. The standard InChI is InChI=1S/C16H23BrN2OS/c17-14-5-1-2-6-15(14)21-10-4-3-9-19-16(20)12-7-8-13(18)11-12/h1-2,5-6,12-13H,3-4,7-11,18H2,(H,19,20). The highest BCUT2D eigenvalue weighted by atomic mass is 79.9. The van der Waals surface area contributed by atoms with Crippen LogP contribution in [0.1, 0.15) is 32.1 Å². The molecular formula is C16H23BrN2OS. The number of thioether (sulfide) groups is 1. The molecule has 1 aromatic carbocycles. The Hall–Kier alpha value is -0.520. The van der Waals surface area contributed by atoms with Crippen LogP contribution < -0.4 is 11.1 Å². The average Bonchev–Trinajstić information content (AvgIpc) is 2.91. The topological polar surface area (TPSA) is 55.1 Å². The van der Waals surface area contributed by atoms with E-state index in [1.165, 1.54) is 4.90 Å². The molecule has 0 spiro atoms. The molecule has 1 aliphatic rings. The van der Waals surface area contributed by atoms with Gasteiger partial charge in [-0.2, -0.15) is 0 Å². The maximum atomic E-state index is 11.9. The van der Waals surface area contributed by atoms with Crippen molar-refractivity contribution < 1.29 is 4.79 Å². The number of carbonyl (C=O) groups excluding carboxylic acids is 1. The summed E-state index contributed by atoms with van der Waals surface area (Å²) >= 11 is 5.41. The minimum absolute atomic E-state index is 0.148. The molecule has 0 bridgehead atoms. The van der Waals surface area contributed by atoms with Crippen LogP contribution in [0.15, 0.2) is 33.6 Å². The molecule has 21 heavy (non-hydrogen) atoms. The fourth-order valence-corrected chi connectivity index (χ4v) is 4.16. The molecule has 2 rings (SSSR count). The zero-order valence-corrected chi connectivity index (χ0v) is 14.6. The van der Waals surface area contributed by atoms with Gasteiger partial charge in [0.15, 0.2) is 0 Å². The zero-order valence-electron chi connectivity index (χ0n) is 12.2. The van der Waals surface area contributed by atoms with E-state index < -0.39 is 0 Å². The zero-order chi connectivity index (χ0) is 15.1. The molecule has 1 amide bonds. The highest BCUT2D eigenvalue weighted by molar-refractivity contribution is 9.10. The summed E-state index contributed by atoms with van der Waals surface area (Å²) in [6.07, 6.45) is 4.92. The lowest BCUT2D eigenvalue weighted by Gasteiger charge is -2.10. The fourth-order valence-electron chi connectivity index (χ4n) is 2.58. The maximum absolute atomic E-state index is 11.9. The van der Waals surface area contributed by atoms with Gasteiger partial charge in [-0.1, -0.05) is 12.1 Å². The summed E-state index contributed by atoms with van der Waals surface area (Å²) in [6, 6.07) is 8.49. The second kappa shape index (κ2) is 8.81. The van der Waals surface area contributed by atoms with Crippen LogP contribution in [0.3, 0.4) is 0 Å². The highest BCUT2D eigenvalue weighted by Crippen LogP contribution is 2.27. The Morgan fingerprint density at radius 1 is 1.33 bits per heavy atom. The van der Waals surface area contributed by atoms with Gasteiger partial charge in [0, 0.05) is 27.9 Å². The van der Waals surface area contributed by atoms with Crippen molar-refractivity contribution in [2.45, 2.75) is 43.0 Å². The molecule has 3 nitrogen and oxygen atoms in total. The van der Waals surface area contributed by atoms with E-state index in [0.717, 1.165) is 48.9 Å². The third-order valence-corrected chi connectivity index (χ3v) is 5.92. The predicted molar refractivity (Wildman–Crippen MR) is 92.4 cm³/mol. The van der Waals surface area contributed by atoms with Gasteiger partial charge >= 0.3 is 0 Å². The lowest BCUT2D eigenvalue weighted by atomic mass is 10.1. The number of benzene rings is 1. The monoisotopic (exact) mass is 370 g/mol. The van der Waals surface area contributed by atoms with Gasteiger partial charge in [-0.15, -0.1) is 11.8 Å². The molecule has 2 atom stereocenters. The van der Waals surface area contributed by atoms with Crippen LogP contribution in [-0.4, -0.2) is 24.2 Å². The third-order valence-electron chi connectivity index (χ3n) is 3.81. The van der Waals surface area contributed by atoms with Gasteiger partial charge in [-0.05, 0) is 65.9 Å². The molecule has 2 unspecified atom stereocenters. The first kappa shape index (κ1) is 16.8. The summed E-state index contributed by atoms with van der Waals surface area (Å²) in [4.78, 5) is 13.2.